The van der Waals surface area contributed by atoms with Gasteiger partial charge in [-0.1, -0.05) is 30.3 Å². The van der Waals surface area contributed by atoms with E-state index in [0.29, 0.717) is 18.1 Å². The second-order valence-corrected chi connectivity index (χ2v) is 7.28. The number of anilines is 1. The molecule has 0 bridgehead atoms. The zero-order valence-electron chi connectivity index (χ0n) is 16.1. The van der Waals surface area contributed by atoms with Gasteiger partial charge in [-0.25, -0.2) is 14.4 Å². The van der Waals surface area contributed by atoms with E-state index in [1.54, 1.807) is 13.0 Å². The van der Waals surface area contributed by atoms with Crippen molar-refractivity contribution in [2.45, 2.75) is 39.3 Å². The number of fused-ring (bicyclic) bond motifs is 1. The summed E-state index contributed by atoms with van der Waals surface area (Å²) >= 11 is 0. The van der Waals surface area contributed by atoms with Gasteiger partial charge in [0, 0.05) is 18.5 Å². The van der Waals surface area contributed by atoms with Crippen molar-refractivity contribution >= 4 is 22.8 Å². The summed E-state index contributed by atoms with van der Waals surface area (Å²) < 4.78 is 13.7. The number of aromatic nitrogens is 2. The largest absolute Gasteiger partial charge is 0.350 e. The van der Waals surface area contributed by atoms with Crippen molar-refractivity contribution in [1.82, 2.24) is 15.3 Å². The minimum atomic E-state index is -0.309. The number of carbonyl (C=O) groups excluding carboxylic acids is 1. The van der Waals surface area contributed by atoms with Crippen LogP contribution in [0.5, 0.6) is 0 Å². The highest BCUT2D eigenvalue weighted by Crippen LogP contribution is 2.25. The number of carbonyl (C=O) groups is 1. The summed E-state index contributed by atoms with van der Waals surface area (Å²) in [6.07, 6.45) is 1.66. The van der Waals surface area contributed by atoms with Crippen molar-refractivity contribution in [3.05, 3.63) is 65.1 Å². The van der Waals surface area contributed by atoms with Gasteiger partial charge in [-0.2, -0.15) is 0 Å². The zero-order valence-corrected chi connectivity index (χ0v) is 16.1. The molecule has 0 aliphatic carbocycles. The van der Waals surface area contributed by atoms with Crippen LogP contribution in [-0.4, -0.2) is 28.5 Å². The normalized spacial score (nSPS) is 16.5. The fraction of sp³-hybridized carbons (Fsp3) is 0.318. The maximum atomic E-state index is 13.7. The van der Waals surface area contributed by atoms with Crippen molar-refractivity contribution < 1.29 is 9.18 Å². The fourth-order valence-electron chi connectivity index (χ4n) is 3.68. The van der Waals surface area contributed by atoms with Crippen LogP contribution in [0.4, 0.5) is 10.3 Å². The molecule has 0 spiro atoms. The van der Waals surface area contributed by atoms with Crippen LogP contribution >= 0.6 is 0 Å². The van der Waals surface area contributed by atoms with Gasteiger partial charge in [0.25, 0.3) is 0 Å². The first-order valence-electron chi connectivity index (χ1n) is 9.55. The molecule has 28 heavy (non-hydrogen) atoms. The Kier molecular flexibility index (Phi) is 4.94. The van der Waals surface area contributed by atoms with E-state index >= 15 is 0 Å². The van der Waals surface area contributed by atoms with Gasteiger partial charge in [0.1, 0.15) is 11.9 Å². The molecule has 1 aliphatic rings. The summed E-state index contributed by atoms with van der Waals surface area (Å²) in [7, 11) is 0. The van der Waals surface area contributed by atoms with Crippen molar-refractivity contribution in [1.29, 1.82) is 0 Å². The average Bonchev–Trinajstić information content (AvgIpc) is 3.19. The van der Waals surface area contributed by atoms with Crippen molar-refractivity contribution in [3.63, 3.8) is 0 Å². The van der Waals surface area contributed by atoms with E-state index in [0.717, 1.165) is 41.5 Å². The quantitative estimate of drug-likeness (QED) is 0.753. The molecule has 0 unspecified atom stereocenters. The SMILES string of the molecule is Cc1ccc(CNC(=O)[C@H]2CCCN2c2nc(C)c3ccccc3n2)cc1F. The van der Waals surface area contributed by atoms with Crippen LogP contribution < -0.4 is 10.2 Å². The van der Waals surface area contributed by atoms with Gasteiger partial charge in [0.15, 0.2) is 0 Å². The molecule has 2 heterocycles. The van der Waals surface area contributed by atoms with Crippen LogP contribution in [0.15, 0.2) is 42.5 Å². The Bertz CT molecular complexity index is 1040. The van der Waals surface area contributed by atoms with Crippen molar-refractivity contribution in [2.75, 3.05) is 11.4 Å². The molecule has 6 heteroatoms. The zero-order chi connectivity index (χ0) is 19.7. The lowest BCUT2D eigenvalue weighted by molar-refractivity contribution is -0.122. The molecule has 1 saturated heterocycles. The number of amides is 1. The molecule has 1 aromatic heterocycles. The highest BCUT2D eigenvalue weighted by molar-refractivity contribution is 5.86. The van der Waals surface area contributed by atoms with Gasteiger partial charge in [0.05, 0.1) is 11.2 Å². The molecule has 0 radical (unpaired) electrons. The van der Waals surface area contributed by atoms with E-state index in [2.05, 4.69) is 15.3 Å². The Morgan fingerprint density at radius 3 is 2.86 bits per heavy atom. The lowest BCUT2D eigenvalue weighted by Gasteiger charge is -2.24. The molecule has 3 aromatic rings. The van der Waals surface area contributed by atoms with Crippen molar-refractivity contribution in [2.24, 2.45) is 0 Å². The number of halogens is 1. The molecule has 1 atom stereocenters. The standard InChI is InChI=1S/C22H23FN4O/c1-14-9-10-16(12-18(14)23)13-24-21(28)20-8-5-11-27(20)22-25-15(2)17-6-3-4-7-19(17)26-22/h3-4,6-7,9-10,12,20H,5,8,11,13H2,1-2H3,(H,24,28)/t20-/m1/s1. The number of para-hydroxylation sites is 1. The van der Waals surface area contributed by atoms with Gasteiger partial charge in [-0.15, -0.1) is 0 Å². The first-order chi connectivity index (χ1) is 13.5. The first kappa shape index (κ1) is 18.3. The van der Waals surface area contributed by atoms with Gasteiger partial charge >= 0.3 is 0 Å². The molecule has 4 rings (SSSR count). The summed E-state index contributed by atoms with van der Waals surface area (Å²) in [4.78, 5) is 24.1. The maximum Gasteiger partial charge on any atom is 0.243 e. The smallest absolute Gasteiger partial charge is 0.243 e. The molecule has 1 fully saturated rings. The lowest BCUT2D eigenvalue weighted by atomic mass is 10.1. The maximum absolute atomic E-state index is 13.7. The Hall–Kier alpha value is -3.02. The third kappa shape index (κ3) is 3.54. The molecule has 144 valence electrons. The number of benzene rings is 2. The Morgan fingerprint density at radius 1 is 1.21 bits per heavy atom. The molecular weight excluding hydrogens is 355 g/mol. The van der Waals surface area contributed by atoms with E-state index < -0.39 is 0 Å². The monoisotopic (exact) mass is 378 g/mol. The molecule has 0 saturated carbocycles. The highest BCUT2D eigenvalue weighted by atomic mass is 19.1. The molecular formula is C22H23FN4O. The Balaban J connectivity index is 1.51. The lowest BCUT2D eigenvalue weighted by Crippen LogP contribution is -2.43. The first-order valence-corrected chi connectivity index (χ1v) is 9.55. The van der Waals surface area contributed by atoms with Crippen LogP contribution in [0.3, 0.4) is 0 Å². The van der Waals surface area contributed by atoms with Crippen molar-refractivity contribution in [3.8, 4) is 0 Å². The van der Waals surface area contributed by atoms with Crippen LogP contribution in [-0.2, 0) is 11.3 Å². The van der Waals surface area contributed by atoms with E-state index in [9.17, 15) is 9.18 Å². The minimum absolute atomic E-state index is 0.0760. The Morgan fingerprint density at radius 2 is 2.04 bits per heavy atom. The molecule has 2 aromatic carbocycles. The fourth-order valence-corrected chi connectivity index (χ4v) is 3.68. The second-order valence-electron chi connectivity index (χ2n) is 7.28. The van der Waals surface area contributed by atoms with E-state index in [4.69, 9.17) is 0 Å². The van der Waals surface area contributed by atoms with Crippen LogP contribution in [0, 0.1) is 19.7 Å². The summed E-state index contributed by atoms with van der Waals surface area (Å²) in [5.74, 6) is 0.261. The molecule has 1 N–H and O–H groups in total. The average molecular weight is 378 g/mol. The van der Waals surface area contributed by atoms with Crippen LogP contribution in [0.2, 0.25) is 0 Å². The van der Waals surface area contributed by atoms with Crippen LogP contribution in [0.1, 0.15) is 29.7 Å². The second kappa shape index (κ2) is 7.54. The summed E-state index contributed by atoms with van der Waals surface area (Å²) in [6, 6.07) is 12.6. The van der Waals surface area contributed by atoms with Crippen LogP contribution in [0.25, 0.3) is 10.9 Å². The molecule has 1 aliphatic heterocycles. The topological polar surface area (TPSA) is 58.1 Å². The summed E-state index contributed by atoms with van der Waals surface area (Å²) in [5.41, 5.74) is 3.13. The minimum Gasteiger partial charge on any atom is -0.350 e. The van der Waals surface area contributed by atoms with Gasteiger partial charge in [-0.05, 0) is 49.9 Å². The summed E-state index contributed by atoms with van der Waals surface area (Å²) in [6.45, 7) is 4.73. The number of rotatable bonds is 4. The highest BCUT2D eigenvalue weighted by Gasteiger charge is 2.32. The number of nitrogens with zero attached hydrogens (tertiary/aromatic N) is 3. The van der Waals surface area contributed by atoms with E-state index in [1.165, 1.54) is 6.07 Å². The Labute approximate surface area is 163 Å². The molecule has 5 nitrogen and oxygen atoms in total. The van der Waals surface area contributed by atoms with Gasteiger partial charge in [-0.3, -0.25) is 4.79 Å². The number of aryl methyl sites for hydroxylation is 2. The number of nitrogens with one attached hydrogen (secondary N) is 1. The van der Waals surface area contributed by atoms with Gasteiger partial charge < -0.3 is 10.2 Å². The number of hydrogen-bond acceptors (Lipinski definition) is 4. The van der Waals surface area contributed by atoms with E-state index in [-0.39, 0.29) is 17.8 Å². The van der Waals surface area contributed by atoms with E-state index in [1.807, 2.05) is 42.2 Å². The predicted molar refractivity (Wildman–Crippen MR) is 108 cm³/mol. The third-order valence-electron chi connectivity index (χ3n) is 5.30. The van der Waals surface area contributed by atoms with Gasteiger partial charge in [0.2, 0.25) is 11.9 Å². The summed E-state index contributed by atoms with van der Waals surface area (Å²) in [5, 5.41) is 3.96. The number of hydrogen-bond donors (Lipinski definition) is 1. The predicted octanol–water partition coefficient (Wildman–Crippen LogP) is 3.67. The third-order valence-corrected chi connectivity index (χ3v) is 5.30. The molecule has 1 amide bonds.